The maximum atomic E-state index is 13.8. The summed E-state index contributed by atoms with van der Waals surface area (Å²) in [5.41, 5.74) is 6.04. The number of hydrazine groups is 1. The number of hydrogen-bond acceptors (Lipinski definition) is 4. The average molecular weight is 378 g/mol. The predicted octanol–water partition coefficient (Wildman–Crippen LogP) is 4.22. The maximum absolute atomic E-state index is 13.8. The number of amides is 2. The Balaban J connectivity index is 1.46. The van der Waals surface area contributed by atoms with Crippen molar-refractivity contribution in [1.29, 1.82) is 0 Å². The van der Waals surface area contributed by atoms with Crippen LogP contribution in [0.1, 0.15) is 26.7 Å². The Morgan fingerprint density at radius 3 is 2.36 bits per heavy atom. The van der Waals surface area contributed by atoms with Gasteiger partial charge in [0.1, 0.15) is 17.2 Å². The zero-order chi connectivity index (χ0) is 19.7. The zero-order valence-corrected chi connectivity index (χ0v) is 14.8. The van der Waals surface area contributed by atoms with Crippen molar-refractivity contribution in [3.63, 3.8) is 0 Å². The molecule has 6 nitrogen and oxygen atoms in total. The molecule has 0 radical (unpaired) electrons. The Bertz CT molecular complexity index is 1190. The van der Waals surface area contributed by atoms with Gasteiger partial charge < -0.3 is 8.83 Å². The fourth-order valence-corrected chi connectivity index (χ4v) is 2.89. The molecule has 140 valence electrons. The summed E-state index contributed by atoms with van der Waals surface area (Å²) in [6.45, 7) is 1.76. The fourth-order valence-electron chi connectivity index (χ4n) is 2.89. The normalized spacial score (nSPS) is 10.8. The molecule has 0 saturated heterocycles. The molecule has 28 heavy (non-hydrogen) atoms. The van der Waals surface area contributed by atoms with Crippen LogP contribution in [0.5, 0.6) is 0 Å². The standard InChI is InChI=1S/C21H15FN2O4/c1-12-13-6-3-5-9-16(13)28-19(12)21(26)24-23-20(25)18-11-10-17(27-18)14-7-2-4-8-15(14)22/h2-11H,1H3,(H,23,25)(H,24,26). The van der Waals surface area contributed by atoms with E-state index < -0.39 is 17.6 Å². The third kappa shape index (κ3) is 3.14. The molecule has 4 aromatic rings. The molecule has 0 aliphatic carbocycles. The van der Waals surface area contributed by atoms with E-state index in [2.05, 4.69) is 10.9 Å². The Labute approximate surface area is 158 Å². The van der Waals surface area contributed by atoms with E-state index in [-0.39, 0.29) is 22.8 Å². The molecule has 0 aliphatic heterocycles. The number of furan rings is 2. The van der Waals surface area contributed by atoms with E-state index in [0.717, 1.165) is 5.39 Å². The molecule has 7 heteroatoms. The fraction of sp³-hybridized carbons (Fsp3) is 0.0476. The van der Waals surface area contributed by atoms with Crippen molar-refractivity contribution < 1.29 is 22.8 Å². The lowest BCUT2D eigenvalue weighted by atomic mass is 10.1. The summed E-state index contributed by atoms with van der Waals surface area (Å²) in [6, 6.07) is 16.2. The van der Waals surface area contributed by atoms with Gasteiger partial charge in [-0.25, -0.2) is 4.39 Å². The first-order valence-electron chi connectivity index (χ1n) is 8.48. The molecule has 2 amide bonds. The highest BCUT2D eigenvalue weighted by Crippen LogP contribution is 2.25. The number of rotatable bonds is 3. The number of nitrogens with one attached hydrogen (secondary N) is 2. The number of halogens is 1. The van der Waals surface area contributed by atoms with Crippen molar-refractivity contribution in [3.05, 3.63) is 83.6 Å². The van der Waals surface area contributed by atoms with Gasteiger partial charge in [0.05, 0.1) is 5.56 Å². The van der Waals surface area contributed by atoms with E-state index in [1.807, 2.05) is 12.1 Å². The highest BCUT2D eigenvalue weighted by Gasteiger charge is 2.19. The highest BCUT2D eigenvalue weighted by atomic mass is 19.1. The summed E-state index contributed by atoms with van der Waals surface area (Å²) in [7, 11) is 0. The second-order valence-electron chi connectivity index (χ2n) is 6.10. The summed E-state index contributed by atoms with van der Waals surface area (Å²) >= 11 is 0. The first-order chi connectivity index (χ1) is 13.5. The molecule has 0 spiro atoms. The summed E-state index contributed by atoms with van der Waals surface area (Å²) in [5.74, 6) is -1.49. The lowest BCUT2D eigenvalue weighted by Crippen LogP contribution is -2.41. The molecule has 2 N–H and O–H groups in total. The molecule has 2 aromatic heterocycles. The van der Waals surface area contributed by atoms with E-state index in [9.17, 15) is 14.0 Å². The second-order valence-corrected chi connectivity index (χ2v) is 6.10. The van der Waals surface area contributed by atoms with Crippen LogP contribution in [0, 0.1) is 12.7 Å². The van der Waals surface area contributed by atoms with Crippen molar-refractivity contribution in [1.82, 2.24) is 10.9 Å². The molecular weight excluding hydrogens is 363 g/mol. The molecular formula is C21H15FN2O4. The number of para-hydroxylation sites is 1. The molecule has 0 saturated carbocycles. The van der Waals surface area contributed by atoms with Gasteiger partial charge >= 0.3 is 11.8 Å². The lowest BCUT2D eigenvalue weighted by molar-refractivity contribution is 0.0818. The Morgan fingerprint density at radius 1 is 0.857 bits per heavy atom. The van der Waals surface area contributed by atoms with Crippen molar-refractivity contribution in [2.75, 3.05) is 0 Å². The molecule has 0 aliphatic rings. The number of carbonyl (C=O) groups is 2. The van der Waals surface area contributed by atoms with Gasteiger partial charge in [0, 0.05) is 10.9 Å². The van der Waals surface area contributed by atoms with Gasteiger partial charge in [-0.05, 0) is 37.3 Å². The minimum Gasteiger partial charge on any atom is -0.451 e. The number of carbonyl (C=O) groups excluding carboxylic acids is 2. The third-order valence-electron chi connectivity index (χ3n) is 4.31. The van der Waals surface area contributed by atoms with Crippen LogP contribution >= 0.6 is 0 Å². The van der Waals surface area contributed by atoms with Gasteiger partial charge in [0.15, 0.2) is 11.5 Å². The van der Waals surface area contributed by atoms with Crippen LogP contribution in [0.4, 0.5) is 4.39 Å². The Morgan fingerprint density at radius 2 is 1.57 bits per heavy atom. The van der Waals surface area contributed by atoms with Crippen LogP contribution in [-0.2, 0) is 0 Å². The summed E-state index contributed by atoms with van der Waals surface area (Å²) in [6.07, 6.45) is 0. The topological polar surface area (TPSA) is 84.5 Å². The Hall–Kier alpha value is -3.87. The molecule has 0 bridgehead atoms. The average Bonchev–Trinajstić information content (AvgIpc) is 3.32. The van der Waals surface area contributed by atoms with Crippen molar-refractivity contribution in [2.45, 2.75) is 6.92 Å². The van der Waals surface area contributed by atoms with Crippen molar-refractivity contribution in [2.24, 2.45) is 0 Å². The molecule has 0 fully saturated rings. The van der Waals surface area contributed by atoms with Gasteiger partial charge in [-0.1, -0.05) is 30.3 Å². The van der Waals surface area contributed by atoms with E-state index in [1.165, 1.54) is 18.2 Å². The monoisotopic (exact) mass is 378 g/mol. The van der Waals surface area contributed by atoms with Crippen LogP contribution in [0.2, 0.25) is 0 Å². The molecule has 2 aromatic carbocycles. The summed E-state index contributed by atoms with van der Waals surface area (Å²) in [5, 5.41) is 0.819. The third-order valence-corrected chi connectivity index (χ3v) is 4.31. The number of hydrogen-bond donors (Lipinski definition) is 2. The quantitative estimate of drug-likeness (QED) is 0.523. The van der Waals surface area contributed by atoms with E-state index in [1.54, 1.807) is 37.3 Å². The van der Waals surface area contributed by atoms with Crippen LogP contribution in [0.15, 0.2) is 69.5 Å². The molecule has 0 atom stereocenters. The van der Waals surface area contributed by atoms with Crippen molar-refractivity contribution >= 4 is 22.8 Å². The first kappa shape index (κ1) is 17.5. The van der Waals surface area contributed by atoms with Crippen LogP contribution in [0.3, 0.4) is 0 Å². The van der Waals surface area contributed by atoms with Crippen molar-refractivity contribution in [3.8, 4) is 11.3 Å². The van der Waals surface area contributed by atoms with Crippen LogP contribution in [0.25, 0.3) is 22.3 Å². The predicted molar refractivity (Wildman–Crippen MR) is 100.0 cm³/mol. The van der Waals surface area contributed by atoms with Crippen LogP contribution < -0.4 is 10.9 Å². The van der Waals surface area contributed by atoms with Gasteiger partial charge in [0.25, 0.3) is 0 Å². The zero-order valence-electron chi connectivity index (χ0n) is 14.8. The van der Waals surface area contributed by atoms with Gasteiger partial charge in [0.2, 0.25) is 0 Å². The van der Waals surface area contributed by atoms with E-state index >= 15 is 0 Å². The van der Waals surface area contributed by atoms with Gasteiger partial charge in [-0.3, -0.25) is 20.4 Å². The lowest BCUT2D eigenvalue weighted by Gasteiger charge is -2.05. The molecule has 2 heterocycles. The molecule has 4 rings (SSSR count). The Kier molecular flexibility index (Phi) is 4.41. The SMILES string of the molecule is Cc1c(C(=O)NNC(=O)c2ccc(-c3ccccc3F)o2)oc2ccccc12. The first-order valence-corrected chi connectivity index (χ1v) is 8.48. The van der Waals surface area contributed by atoms with Gasteiger partial charge in [-0.2, -0.15) is 0 Å². The van der Waals surface area contributed by atoms with Crippen LogP contribution in [-0.4, -0.2) is 11.8 Å². The second kappa shape index (κ2) is 7.03. The highest BCUT2D eigenvalue weighted by molar-refractivity contribution is 6.00. The number of fused-ring (bicyclic) bond motifs is 1. The molecule has 0 unspecified atom stereocenters. The summed E-state index contributed by atoms with van der Waals surface area (Å²) < 4.78 is 24.8. The largest absolute Gasteiger partial charge is 0.451 e. The minimum absolute atomic E-state index is 0.0696. The number of benzene rings is 2. The smallest absolute Gasteiger partial charge is 0.305 e. The van der Waals surface area contributed by atoms with E-state index in [4.69, 9.17) is 8.83 Å². The van der Waals surface area contributed by atoms with Gasteiger partial charge in [-0.15, -0.1) is 0 Å². The van der Waals surface area contributed by atoms with E-state index in [0.29, 0.717) is 11.1 Å². The maximum Gasteiger partial charge on any atom is 0.305 e. The number of aryl methyl sites for hydroxylation is 1. The minimum atomic E-state index is -0.676. The summed E-state index contributed by atoms with van der Waals surface area (Å²) in [4.78, 5) is 24.6.